The second-order valence-corrected chi connectivity index (χ2v) is 4.91. The molecule has 0 aliphatic rings. The molecule has 0 amide bonds. The second kappa shape index (κ2) is 7.08. The Hall–Kier alpha value is -1.63. The van der Waals surface area contributed by atoms with Gasteiger partial charge in [-0.15, -0.1) is 0 Å². The van der Waals surface area contributed by atoms with Crippen molar-refractivity contribution in [2.45, 2.75) is 40.2 Å². The molecular formula is C12H24N6O. The molecule has 0 saturated carbocycles. The van der Waals surface area contributed by atoms with Crippen molar-refractivity contribution in [2.75, 3.05) is 24.0 Å². The van der Waals surface area contributed by atoms with Gasteiger partial charge in [0.25, 0.3) is 0 Å². The maximum absolute atomic E-state index is 5.36. The number of hydrazine groups is 1. The van der Waals surface area contributed by atoms with E-state index in [1.165, 1.54) is 0 Å². The summed E-state index contributed by atoms with van der Waals surface area (Å²) in [7, 11) is 1.96. The first kappa shape index (κ1) is 15.4. The number of aromatic nitrogens is 3. The fourth-order valence-corrected chi connectivity index (χ4v) is 1.80. The summed E-state index contributed by atoms with van der Waals surface area (Å²) in [6.07, 6.45) is 1.05. The summed E-state index contributed by atoms with van der Waals surface area (Å²) in [6, 6.07) is 0.603. The van der Waals surface area contributed by atoms with E-state index < -0.39 is 0 Å². The van der Waals surface area contributed by atoms with Crippen LogP contribution in [-0.2, 0) is 0 Å². The number of nitrogen functional groups attached to an aromatic ring is 1. The molecule has 7 heteroatoms. The minimum Gasteiger partial charge on any atom is -0.464 e. The highest BCUT2D eigenvalue weighted by Gasteiger charge is 2.16. The fourth-order valence-electron chi connectivity index (χ4n) is 1.80. The van der Waals surface area contributed by atoms with Crippen LogP contribution in [-0.4, -0.2) is 34.6 Å². The van der Waals surface area contributed by atoms with Crippen LogP contribution in [0.25, 0.3) is 0 Å². The van der Waals surface area contributed by atoms with Gasteiger partial charge in [0.1, 0.15) is 0 Å². The van der Waals surface area contributed by atoms with Gasteiger partial charge in [0, 0.05) is 13.1 Å². The van der Waals surface area contributed by atoms with E-state index in [2.05, 4.69) is 41.1 Å². The van der Waals surface area contributed by atoms with E-state index in [1.54, 1.807) is 0 Å². The first-order valence-electron chi connectivity index (χ1n) is 6.56. The maximum atomic E-state index is 5.36. The number of nitrogens with one attached hydrogen (secondary N) is 1. The Bertz CT molecular complexity index is 398. The van der Waals surface area contributed by atoms with Crippen molar-refractivity contribution in [3.63, 3.8) is 0 Å². The Morgan fingerprint density at radius 1 is 1.26 bits per heavy atom. The van der Waals surface area contributed by atoms with E-state index in [1.807, 2.05) is 18.9 Å². The van der Waals surface area contributed by atoms with E-state index in [0.717, 1.165) is 6.42 Å². The summed E-state index contributed by atoms with van der Waals surface area (Å²) < 4.78 is 5.32. The topological polar surface area (TPSA) is 89.2 Å². The molecular weight excluding hydrogens is 244 g/mol. The Labute approximate surface area is 114 Å². The molecule has 1 aromatic heterocycles. The van der Waals surface area contributed by atoms with Gasteiger partial charge < -0.3 is 9.64 Å². The van der Waals surface area contributed by atoms with Crippen molar-refractivity contribution in [1.29, 1.82) is 0 Å². The third kappa shape index (κ3) is 4.51. The van der Waals surface area contributed by atoms with Gasteiger partial charge in [-0.2, -0.15) is 15.0 Å². The molecule has 0 aromatic carbocycles. The molecule has 0 aliphatic carbocycles. The average Bonchev–Trinajstić information content (AvgIpc) is 2.37. The highest BCUT2D eigenvalue weighted by Crippen LogP contribution is 2.18. The van der Waals surface area contributed by atoms with Crippen LogP contribution in [0.3, 0.4) is 0 Å². The zero-order valence-electron chi connectivity index (χ0n) is 12.3. The molecule has 1 atom stereocenters. The molecule has 1 heterocycles. The van der Waals surface area contributed by atoms with Crippen LogP contribution < -0.4 is 20.9 Å². The molecule has 1 unspecified atom stereocenters. The predicted molar refractivity (Wildman–Crippen MR) is 76.1 cm³/mol. The van der Waals surface area contributed by atoms with Crippen LogP contribution in [0.5, 0.6) is 6.01 Å². The highest BCUT2D eigenvalue weighted by molar-refractivity contribution is 5.37. The smallest absolute Gasteiger partial charge is 0.323 e. The van der Waals surface area contributed by atoms with Crippen LogP contribution in [0.1, 0.15) is 34.1 Å². The van der Waals surface area contributed by atoms with Gasteiger partial charge in [0.05, 0.1) is 6.61 Å². The van der Waals surface area contributed by atoms with Crippen LogP contribution in [0.4, 0.5) is 11.9 Å². The highest BCUT2D eigenvalue weighted by atomic mass is 16.5. The monoisotopic (exact) mass is 268 g/mol. The summed E-state index contributed by atoms with van der Waals surface area (Å²) in [5.41, 5.74) is 2.43. The number of hydrogen-bond acceptors (Lipinski definition) is 7. The van der Waals surface area contributed by atoms with Crippen molar-refractivity contribution in [2.24, 2.45) is 11.8 Å². The first-order chi connectivity index (χ1) is 8.97. The lowest BCUT2D eigenvalue weighted by Gasteiger charge is -2.26. The van der Waals surface area contributed by atoms with Crippen molar-refractivity contribution >= 4 is 11.9 Å². The lowest BCUT2D eigenvalue weighted by atomic mass is 10.0. The number of rotatable bonds is 7. The average molecular weight is 268 g/mol. The summed E-state index contributed by atoms with van der Waals surface area (Å²) >= 11 is 0. The van der Waals surface area contributed by atoms with Gasteiger partial charge in [0.15, 0.2) is 0 Å². The summed E-state index contributed by atoms with van der Waals surface area (Å²) in [5.74, 6) is 6.83. The predicted octanol–water partition coefficient (Wildman–Crippen LogP) is 1.43. The molecule has 0 radical (unpaired) electrons. The molecule has 1 aromatic rings. The van der Waals surface area contributed by atoms with Crippen LogP contribution in [0.2, 0.25) is 0 Å². The standard InChI is InChI=1S/C12H24N6O/c1-6-19-12-15-10(17-13)14-11(16-12)18(5)9(4)7-8(2)3/h8-9H,6-7,13H2,1-5H3,(H,14,15,16,17). The quantitative estimate of drug-likeness (QED) is 0.571. The summed E-state index contributed by atoms with van der Waals surface area (Å²) in [6.45, 7) is 8.90. The third-order valence-corrected chi connectivity index (χ3v) is 2.79. The van der Waals surface area contributed by atoms with Crippen molar-refractivity contribution < 1.29 is 4.74 Å². The van der Waals surface area contributed by atoms with Crippen molar-refractivity contribution in [3.05, 3.63) is 0 Å². The van der Waals surface area contributed by atoms with Crippen molar-refractivity contribution in [3.8, 4) is 6.01 Å². The number of nitrogens with two attached hydrogens (primary N) is 1. The van der Waals surface area contributed by atoms with Gasteiger partial charge in [-0.25, -0.2) is 5.84 Å². The van der Waals surface area contributed by atoms with E-state index in [0.29, 0.717) is 30.5 Å². The largest absolute Gasteiger partial charge is 0.464 e. The SMILES string of the molecule is CCOc1nc(NN)nc(N(C)C(C)CC(C)C)n1. The zero-order chi connectivity index (χ0) is 14.4. The molecule has 19 heavy (non-hydrogen) atoms. The Morgan fingerprint density at radius 3 is 2.47 bits per heavy atom. The molecule has 108 valence electrons. The Balaban J connectivity index is 2.94. The minimum absolute atomic E-state index is 0.282. The fraction of sp³-hybridized carbons (Fsp3) is 0.750. The van der Waals surface area contributed by atoms with Crippen LogP contribution >= 0.6 is 0 Å². The number of nitrogens with zero attached hydrogens (tertiary/aromatic N) is 4. The number of anilines is 2. The van der Waals surface area contributed by atoms with Gasteiger partial charge in [-0.05, 0) is 26.2 Å². The molecule has 0 bridgehead atoms. The van der Waals surface area contributed by atoms with Crippen molar-refractivity contribution in [1.82, 2.24) is 15.0 Å². The Morgan fingerprint density at radius 2 is 1.95 bits per heavy atom. The molecule has 3 N–H and O–H groups in total. The number of hydrogen-bond donors (Lipinski definition) is 2. The lowest BCUT2D eigenvalue weighted by Crippen LogP contribution is -2.32. The van der Waals surface area contributed by atoms with Gasteiger partial charge in [-0.1, -0.05) is 13.8 Å². The van der Waals surface area contributed by atoms with E-state index in [-0.39, 0.29) is 6.01 Å². The van der Waals surface area contributed by atoms with Gasteiger partial charge >= 0.3 is 6.01 Å². The van der Waals surface area contributed by atoms with Gasteiger partial charge in [0.2, 0.25) is 11.9 Å². The van der Waals surface area contributed by atoms with E-state index in [9.17, 15) is 0 Å². The summed E-state index contributed by atoms with van der Waals surface area (Å²) in [5, 5.41) is 0. The third-order valence-electron chi connectivity index (χ3n) is 2.79. The first-order valence-corrected chi connectivity index (χ1v) is 6.56. The molecule has 0 spiro atoms. The van der Waals surface area contributed by atoms with E-state index in [4.69, 9.17) is 10.6 Å². The summed E-state index contributed by atoms with van der Waals surface area (Å²) in [4.78, 5) is 14.6. The maximum Gasteiger partial charge on any atom is 0.323 e. The van der Waals surface area contributed by atoms with Crippen LogP contribution in [0.15, 0.2) is 0 Å². The van der Waals surface area contributed by atoms with E-state index >= 15 is 0 Å². The molecule has 0 aliphatic heterocycles. The number of ether oxygens (including phenoxy) is 1. The van der Waals surface area contributed by atoms with Crippen LogP contribution in [0, 0.1) is 5.92 Å². The second-order valence-electron chi connectivity index (χ2n) is 4.91. The minimum atomic E-state index is 0.282. The molecule has 1 rings (SSSR count). The molecule has 0 saturated heterocycles. The molecule has 0 fully saturated rings. The van der Waals surface area contributed by atoms with Gasteiger partial charge in [-0.3, -0.25) is 5.43 Å². The zero-order valence-corrected chi connectivity index (χ0v) is 12.3. The normalized spacial score (nSPS) is 12.4. The Kier molecular flexibility index (Phi) is 5.75. The molecule has 7 nitrogen and oxygen atoms in total. The lowest BCUT2D eigenvalue weighted by molar-refractivity contribution is 0.311.